The van der Waals surface area contributed by atoms with Gasteiger partial charge in [0.25, 0.3) is 0 Å². The van der Waals surface area contributed by atoms with Gasteiger partial charge in [-0.1, -0.05) is 73.0 Å². The van der Waals surface area contributed by atoms with Gasteiger partial charge < -0.3 is 15.0 Å². The SMILES string of the molecule is COc1cccc(CN(C(=O)CCSc2ccc(C)cc2)[C@H](Cc2ccccc2)C(=O)NC2CCCC2)c1. The van der Waals surface area contributed by atoms with E-state index < -0.39 is 6.04 Å². The number of carbonyl (C=O) groups excluding carboxylic acids is 2. The van der Waals surface area contributed by atoms with Gasteiger partial charge in [-0.25, -0.2) is 0 Å². The highest BCUT2D eigenvalue weighted by Crippen LogP contribution is 2.23. The maximum atomic E-state index is 13.8. The summed E-state index contributed by atoms with van der Waals surface area (Å²) in [6.07, 6.45) is 5.10. The normalized spacial score (nSPS) is 14.2. The van der Waals surface area contributed by atoms with E-state index in [-0.39, 0.29) is 17.9 Å². The van der Waals surface area contributed by atoms with E-state index in [4.69, 9.17) is 4.74 Å². The van der Waals surface area contributed by atoms with E-state index in [0.717, 1.165) is 47.5 Å². The quantitative estimate of drug-likeness (QED) is 0.284. The van der Waals surface area contributed by atoms with E-state index in [1.54, 1.807) is 23.8 Å². The summed E-state index contributed by atoms with van der Waals surface area (Å²) in [5.41, 5.74) is 3.19. The van der Waals surface area contributed by atoms with Crippen molar-refractivity contribution in [3.8, 4) is 5.75 Å². The number of ether oxygens (including phenoxy) is 1. The number of thioether (sulfide) groups is 1. The summed E-state index contributed by atoms with van der Waals surface area (Å²) in [7, 11) is 1.64. The zero-order valence-corrected chi connectivity index (χ0v) is 23.2. The molecule has 38 heavy (non-hydrogen) atoms. The molecule has 1 saturated carbocycles. The number of methoxy groups -OCH3 is 1. The molecule has 0 bridgehead atoms. The molecule has 4 rings (SSSR count). The molecule has 2 amide bonds. The molecule has 1 fully saturated rings. The van der Waals surface area contributed by atoms with Crippen molar-refractivity contribution < 1.29 is 14.3 Å². The van der Waals surface area contributed by atoms with Crippen LogP contribution in [-0.2, 0) is 22.6 Å². The first kappa shape index (κ1) is 27.8. The van der Waals surface area contributed by atoms with E-state index in [9.17, 15) is 9.59 Å². The second-order valence-corrected chi connectivity index (χ2v) is 11.1. The van der Waals surface area contributed by atoms with Crippen molar-refractivity contribution in [2.75, 3.05) is 12.9 Å². The average Bonchev–Trinajstić information content (AvgIpc) is 3.45. The Labute approximate surface area is 231 Å². The number of hydrogen-bond acceptors (Lipinski definition) is 4. The summed E-state index contributed by atoms with van der Waals surface area (Å²) in [5, 5.41) is 3.27. The fourth-order valence-electron chi connectivity index (χ4n) is 4.92. The number of carbonyl (C=O) groups is 2. The Balaban J connectivity index is 1.57. The lowest BCUT2D eigenvalue weighted by Crippen LogP contribution is -2.52. The average molecular weight is 531 g/mol. The van der Waals surface area contributed by atoms with Crippen LogP contribution in [0.15, 0.2) is 83.8 Å². The molecule has 1 N–H and O–H groups in total. The fourth-order valence-corrected chi connectivity index (χ4v) is 5.76. The molecule has 6 heteroatoms. The number of amides is 2. The molecule has 3 aromatic carbocycles. The van der Waals surface area contributed by atoms with Crippen molar-refractivity contribution in [2.24, 2.45) is 0 Å². The Morgan fingerprint density at radius 2 is 1.68 bits per heavy atom. The number of rotatable bonds is 12. The molecule has 5 nitrogen and oxygen atoms in total. The lowest BCUT2D eigenvalue weighted by molar-refractivity contribution is -0.141. The summed E-state index contributed by atoms with van der Waals surface area (Å²) < 4.78 is 5.43. The molecule has 200 valence electrons. The lowest BCUT2D eigenvalue weighted by atomic mass is 10.0. The van der Waals surface area contributed by atoms with E-state index in [1.807, 2.05) is 54.6 Å². The van der Waals surface area contributed by atoms with Gasteiger partial charge in [-0.3, -0.25) is 9.59 Å². The summed E-state index contributed by atoms with van der Waals surface area (Å²) >= 11 is 1.67. The molecule has 0 aromatic heterocycles. The van der Waals surface area contributed by atoms with Crippen LogP contribution in [0.5, 0.6) is 5.75 Å². The van der Waals surface area contributed by atoms with Crippen LogP contribution in [0.3, 0.4) is 0 Å². The first-order valence-electron chi connectivity index (χ1n) is 13.5. The van der Waals surface area contributed by atoms with Gasteiger partial charge in [0.2, 0.25) is 11.8 Å². The van der Waals surface area contributed by atoms with Crippen molar-refractivity contribution >= 4 is 23.6 Å². The smallest absolute Gasteiger partial charge is 0.243 e. The molecule has 0 heterocycles. The number of nitrogens with zero attached hydrogens (tertiary/aromatic N) is 1. The Bertz CT molecular complexity index is 1180. The zero-order chi connectivity index (χ0) is 26.7. The third-order valence-corrected chi connectivity index (χ3v) is 8.08. The van der Waals surface area contributed by atoms with Crippen molar-refractivity contribution in [3.05, 3.63) is 95.6 Å². The molecular weight excluding hydrogens is 492 g/mol. The number of hydrogen-bond donors (Lipinski definition) is 1. The third-order valence-electron chi connectivity index (χ3n) is 7.07. The van der Waals surface area contributed by atoms with E-state index >= 15 is 0 Å². The highest BCUT2D eigenvalue weighted by molar-refractivity contribution is 7.99. The van der Waals surface area contributed by atoms with Gasteiger partial charge in [0.05, 0.1) is 7.11 Å². The fraction of sp³-hybridized carbons (Fsp3) is 0.375. The minimum Gasteiger partial charge on any atom is -0.497 e. The van der Waals surface area contributed by atoms with Crippen LogP contribution >= 0.6 is 11.8 Å². The molecular formula is C32H38N2O3S. The summed E-state index contributed by atoms with van der Waals surface area (Å²) in [4.78, 5) is 30.5. The van der Waals surface area contributed by atoms with Gasteiger partial charge in [-0.2, -0.15) is 0 Å². The summed E-state index contributed by atoms with van der Waals surface area (Å²) in [6.45, 7) is 2.42. The number of benzene rings is 3. The minimum atomic E-state index is -0.596. The Morgan fingerprint density at radius 3 is 2.39 bits per heavy atom. The first-order chi connectivity index (χ1) is 18.5. The van der Waals surface area contributed by atoms with Crippen LogP contribution in [0, 0.1) is 6.92 Å². The molecule has 0 unspecified atom stereocenters. The molecule has 0 saturated heterocycles. The van der Waals surface area contributed by atoms with Crippen LogP contribution in [0.2, 0.25) is 0 Å². The molecule has 0 radical (unpaired) electrons. The predicted molar refractivity (Wildman–Crippen MR) is 154 cm³/mol. The Kier molecular flexibility index (Phi) is 10.3. The van der Waals surface area contributed by atoms with Gasteiger partial charge >= 0.3 is 0 Å². The highest BCUT2D eigenvalue weighted by Gasteiger charge is 2.32. The van der Waals surface area contributed by atoms with Crippen LogP contribution in [-0.4, -0.2) is 41.7 Å². The molecule has 0 aliphatic heterocycles. The Morgan fingerprint density at radius 1 is 0.974 bits per heavy atom. The van der Waals surface area contributed by atoms with Crippen molar-refractivity contribution in [3.63, 3.8) is 0 Å². The monoisotopic (exact) mass is 530 g/mol. The van der Waals surface area contributed by atoms with Gasteiger partial charge in [0.15, 0.2) is 0 Å². The van der Waals surface area contributed by atoms with E-state index in [0.29, 0.717) is 25.1 Å². The maximum absolute atomic E-state index is 13.8. The molecule has 3 aromatic rings. The van der Waals surface area contributed by atoms with Crippen LogP contribution < -0.4 is 10.1 Å². The highest BCUT2D eigenvalue weighted by atomic mass is 32.2. The lowest BCUT2D eigenvalue weighted by Gasteiger charge is -2.32. The molecule has 0 spiro atoms. The van der Waals surface area contributed by atoms with E-state index in [1.165, 1.54) is 5.56 Å². The van der Waals surface area contributed by atoms with Gasteiger partial charge in [-0.05, 0) is 55.2 Å². The maximum Gasteiger partial charge on any atom is 0.243 e. The number of nitrogens with one attached hydrogen (secondary N) is 1. The predicted octanol–water partition coefficient (Wildman–Crippen LogP) is 6.18. The van der Waals surface area contributed by atoms with Crippen molar-refractivity contribution in [1.29, 1.82) is 0 Å². The largest absolute Gasteiger partial charge is 0.497 e. The third kappa shape index (κ3) is 8.12. The minimum absolute atomic E-state index is 0.0186. The van der Waals surface area contributed by atoms with Crippen molar-refractivity contribution in [1.82, 2.24) is 10.2 Å². The summed E-state index contributed by atoms with van der Waals surface area (Å²) in [6, 6.07) is 25.7. The molecule has 1 aliphatic rings. The van der Waals surface area contributed by atoms with Crippen LogP contribution in [0.25, 0.3) is 0 Å². The summed E-state index contributed by atoms with van der Waals surface area (Å²) in [5.74, 6) is 1.30. The molecule has 1 atom stereocenters. The topological polar surface area (TPSA) is 58.6 Å². The van der Waals surface area contributed by atoms with Gasteiger partial charge in [-0.15, -0.1) is 11.8 Å². The van der Waals surface area contributed by atoms with Gasteiger partial charge in [0.1, 0.15) is 11.8 Å². The number of aryl methyl sites for hydroxylation is 1. The Hall–Kier alpha value is -3.25. The van der Waals surface area contributed by atoms with Crippen LogP contribution in [0.4, 0.5) is 0 Å². The van der Waals surface area contributed by atoms with Gasteiger partial charge in [0, 0.05) is 36.1 Å². The second-order valence-electron chi connectivity index (χ2n) is 9.98. The van der Waals surface area contributed by atoms with Crippen LogP contribution in [0.1, 0.15) is 48.8 Å². The second kappa shape index (κ2) is 14.1. The van der Waals surface area contributed by atoms with Crippen molar-refractivity contribution in [2.45, 2.75) is 69.0 Å². The standard InChI is InChI=1S/C32H38N2O3S/c1-24-15-17-29(18-16-24)38-20-19-31(35)34(23-26-11-8-14-28(21-26)37-2)30(22-25-9-4-3-5-10-25)32(36)33-27-12-6-7-13-27/h3-5,8-11,14-18,21,27,30H,6-7,12-13,19-20,22-23H2,1-2H3,(H,33,36)/t30-/m1/s1. The van der Waals surface area contributed by atoms with E-state index in [2.05, 4.69) is 36.5 Å². The zero-order valence-electron chi connectivity index (χ0n) is 22.4. The first-order valence-corrected chi connectivity index (χ1v) is 14.5. The molecule has 1 aliphatic carbocycles.